The predicted octanol–water partition coefficient (Wildman–Crippen LogP) is 3.41. The first-order valence-electron chi connectivity index (χ1n) is 10.4. The second-order valence-electron chi connectivity index (χ2n) is 7.66. The molecule has 0 bridgehead atoms. The van der Waals surface area contributed by atoms with Gasteiger partial charge in [-0.3, -0.25) is 19.5 Å². The maximum Gasteiger partial charge on any atom is 0.253 e. The lowest BCUT2D eigenvalue weighted by Gasteiger charge is -2.22. The van der Waals surface area contributed by atoms with Gasteiger partial charge in [-0.25, -0.2) is 0 Å². The minimum absolute atomic E-state index is 0.0152. The molecule has 1 N–H and O–H groups in total. The van der Waals surface area contributed by atoms with Crippen molar-refractivity contribution in [2.75, 3.05) is 31.5 Å². The Morgan fingerprint density at radius 2 is 1.90 bits per heavy atom. The second-order valence-corrected chi connectivity index (χ2v) is 7.66. The van der Waals surface area contributed by atoms with E-state index in [-0.39, 0.29) is 17.7 Å². The third kappa shape index (κ3) is 5.87. The number of amides is 2. The smallest absolute Gasteiger partial charge is 0.253 e. The highest BCUT2D eigenvalue weighted by atomic mass is 16.2. The Kier molecular flexibility index (Phi) is 7.36. The third-order valence-corrected chi connectivity index (χ3v) is 5.47. The number of nitrogens with zero attached hydrogens (tertiary/aromatic N) is 3. The van der Waals surface area contributed by atoms with Gasteiger partial charge < -0.3 is 10.2 Å². The van der Waals surface area contributed by atoms with Crippen molar-refractivity contribution in [2.45, 2.75) is 33.2 Å². The zero-order valence-corrected chi connectivity index (χ0v) is 17.3. The topological polar surface area (TPSA) is 65.5 Å². The molecule has 2 amide bonds. The largest absolute Gasteiger partial charge is 0.337 e. The van der Waals surface area contributed by atoms with E-state index in [0.29, 0.717) is 17.8 Å². The lowest BCUT2D eigenvalue weighted by Crippen LogP contribution is -2.35. The van der Waals surface area contributed by atoms with Crippen molar-refractivity contribution in [1.29, 1.82) is 0 Å². The SMILES string of the molecule is CCC(C)C(=O)Nc1cccc(C(=O)N2CCCN(Cc3ccncc3)CC2)c1. The number of hydrogen-bond donors (Lipinski definition) is 1. The van der Waals surface area contributed by atoms with Crippen molar-refractivity contribution < 1.29 is 9.59 Å². The van der Waals surface area contributed by atoms with Crippen molar-refractivity contribution in [3.8, 4) is 0 Å². The number of benzene rings is 1. The fraction of sp³-hybridized carbons (Fsp3) is 0.435. The molecular formula is C23H30N4O2. The van der Waals surface area contributed by atoms with Crippen molar-refractivity contribution >= 4 is 17.5 Å². The van der Waals surface area contributed by atoms with Crippen LogP contribution in [0.25, 0.3) is 0 Å². The molecule has 154 valence electrons. The molecule has 1 aromatic carbocycles. The highest BCUT2D eigenvalue weighted by molar-refractivity contribution is 5.97. The molecular weight excluding hydrogens is 364 g/mol. The molecule has 1 aliphatic rings. The van der Waals surface area contributed by atoms with Gasteiger partial charge in [0, 0.05) is 62.3 Å². The fourth-order valence-corrected chi connectivity index (χ4v) is 3.44. The molecule has 6 heteroatoms. The molecule has 1 unspecified atom stereocenters. The molecule has 0 radical (unpaired) electrons. The minimum Gasteiger partial charge on any atom is -0.337 e. The summed E-state index contributed by atoms with van der Waals surface area (Å²) < 4.78 is 0. The molecule has 2 heterocycles. The number of nitrogens with one attached hydrogen (secondary N) is 1. The number of rotatable bonds is 6. The zero-order valence-electron chi connectivity index (χ0n) is 17.3. The minimum atomic E-state index is -0.0497. The first-order valence-corrected chi connectivity index (χ1v) is 10.4. The number of hydrogen-bond acceptors (Lipinski definition) is 4. The highest BCUT2D eigenvalue weighted by Gasteiger charge is 2.21. The van der Waals surface area contributed by atoms with Gasteiger partial charge >= 0.3 is 0 Å². The van der Waals surface area contributed by atoms with Gasteiger partial charge in [0.1, 0.15) is 0 Å². The van der Waals surface area contributed by atoms with E-state index in [1.54, 1.807) is 6.07 Å². The van der Waals surface area contributed by atoms with E-state index in [2.05, 4.69) is 15.2 Å². The molecule has 1 aromatic heterocycles. The maximum absolute atomic E-state index is 13.0. The van der Waals surface area contributed by atoms with Gasteiger partial charge in [0.05, 0.1) is 0 Å². The summed E-state index contributed by atoms with van der Waals surface area (Å²) in [5, 5.41) is 2.91. The lowest BCUT2D eigenvalue weighted by molar-refractivity contribution is -0.119. The van der Waals surface area contributed by atoms with Crippen LogP contribution in [0.4, 0.5) is 5.69 Å². The number of aromatic nitrogens is 1. The van der Waals surface area contributed by atoms with Crippen molar-refractivity contribution in [3.05, 3.63) is 59.9 Å². The average Bonchev–Trinajstić information content (AvgIpc) is 2.99. The van der Waals surface area contributed by atoms with Crippen molar-refractivity contribution in [3.63, 3.8) is 0 Å². The molecule has 0 aliphatic carbocycles. The second kappa shape index (κ2) is 10.2. The molecule has 3 rings (SSSR count). The van der Waals surface area contributed by atoms with Gasteiger partial charge in [0.15, 0.2) is 0 Å². The maximum atomic E-state index is 13.0. The fourth-order valence-electron chi connectivity index (χ4n) is 3.44. The van der Waals surface area contributed by atoms with Crippen LogP contribution >= 0.6 is 0 Å². The Bertz CT molecular complexity index is 825. The Balaban J connectivity index is 1.60. The summed E-state index contributed by atoms with van der Waals surface area (Å²) >= 11 is 0. The van der Waals surface area contributed by atoms with Crippen LogP contribution in [0.15, 0.2) is 48.8 Å². The Hall–Kier alpha value is -2.73. The van der Waals surface area contributed by atoms with Crippen LogP contribution in [-0.2, 0) is 11.3 Å². The normalized spacial score (nSPS) is 16.1. The zero-order chi connectivity index (χ0) is 20.6. The van der Waals surface area contributed by atoms with Crippen LogP contribution in [0.3, 0.4) is 0 Å². The Morgan fingerprint density at radius 3 is 2.66 bits per heavy atom. The summed E-state index contributed by atoms with van der Waals surface area (Å²) in [7, 11) is 0. The van der Waals surface area contributed by atoms with Crippen LogP contribution in [0.5, 0.6) is 0 Å². The number of carbonyl (C=O) groups is 2. The molecule has 2 aromatic rings. The first kappa shape index (κ1) is 21.0. The van der Waals surface area contributed by atoms with Crippen molar-refractivity contribution in [1.82, 2.24) is 14.8 Å². The van der Waals surface area contributed by atoms with E-state index in [4.69, 9.17) is 0 Å². The van der Waals surface area contributed by atoms with Gasteiger partial charge in [-0.15, -0.1) is 0 Å². The van der Waals surface area contributed by atoms with Gasteiger partial charge in [0.2, 0.25) is 5.91 Å². The number of pyridine rings is 1. The highest BCUT2D eigenvalue weighted by Crippen LogP contribution is 2.16. The van der Waals surface area contributed by atoms with E-state index < -0.39 is 0 Å². The van der Waals surface area contributed by atoms with E-state index >= 15 is 0 Å². The molecule has 6 nitrogen and oxygen atoms in total. The summed E-state index contributed by atoms with van der Waals surface area (Å²) in [6.45, 7) is 8.03. The van der Waals surface area contributed by atoms with Gasteiger partial charge in [-0.1, -0.05) is 19.9 Å². The van der Waals surface area contributed by atoms with E-state index in [9.17, 15) is 9.59 Å². The number of anilines is 1. The van der Waals surface area contributed by atoms with Gasteiger partial charge in [-0.2, -0.15) is 0 Å². The number of carbonyl (C=O) groups excluding carboxylic acids is 2. The molecule has 29 heavy (non-hydrogen) atoms. The summed E-state index contributed by atoms with van der Waals surface area (Å²) in [4.78, 5) is 33.5. The third-order valence-electron chi connectivity index (χ3n) is 5.47. The quantitative estimate of drug-likeness (QED) is 0.815. The molecule has 0 spiro atoms. The Morgan fingerprint density at radius 1 is 1.10 bits per heavy atom. The van der Waals surface area contributed by atoms with E-state index in [0.717, 1.165) is 39.0 Å². The summed E-state index contributed by atoms with van der Waals surface area (Å²) in [6, 6.07) is 11.3. The van der Waals surface area contributed by atoms with E-state index in [1.807, 2.05) is 61.5 Å². The predicted molar refractivity (Wildman–Crippen MR) is 115 cm³/mol. The van der Waals surface area contributed by atoms with Crippen LogP contribution in [0, 0.1) is 5.92 Å². The molecule has 1 saturated heterocycles. The molecule has 0 saturated carbocycles. The summed E-state index contributed by atoms with van der Waals surface area (Å²) in [5.74, 6) is -0.0413. The van der Waals surface area contributed by atoms with Crippen LogP contribution < -0.4 is 5.32 Å². The summed E-state index contributed by atoms with van der Waals surface area (Å²) in [6.07, 6.45) is 5.36. The molecule has 1 atom stereocenters. The van der Waals surface area contributed by atoms with Gasteiger partial charge in [-0.05, 0) is 48.7 Å². The molecule has 1 fully saturated rings. The van der Waals surface area contributed by atoms with Crippen LogP contribution in [0.1, 0.15) is 42.6 Å². The van der Waals surface area contributed by atoms with Crippen LogP contribution in [0.2, 0.25) is 0 Å². The lowest BCUT2D eigenvalue weighted by atomic mass is 10.1. The molecule has 1 aliphatic heterocycles. The van der Waals surface area contributed by atoms with E-state index in [1.165, 1.54) is 5.56 Å². The summed E-state index contributed by atoms with van der Waals surface area (Å²) in [5.41, 5.74) is 2.54. The standard InChI is InChI=1S/C23H30N4O2/c1-3-18(2)22(28)25-21-7-4-6-20(16-21)23(29)27-13-5-12-26(14-15-27)17-19-8-10-24-11-9-19/h4,6-11,16,18H,3,5,12-15,17H2,1-2H3,(H,25,28). The first-order chi connectivity index (χ1) is 14.1. The van der Waals surface area contributed by atoms with Crippen LogP contribution in [-0.4, -0.2) is 52.8 Å². The Labute approximate surface area is 172 Å². The average molecular weight is 395 g/mol. The monoisotopic (exact) mass is 394 g/mol. The van der Waals surface area contributed by atoms with Crippen molar-refractivity contribution in [2.24, 2.45) is 5.92 Å². The van der Waals surface area contributed by atoms with Gasteiger partial charge in [0.25, 0.3) is 5.91 Å².